The molecular formula is C24H26ClFN4O3. The van der Waals surface area contributed by atoms with Crippen LogP contribution < -0.4 is 16.0 Å². The number of rotatable bonds is 3. The molecule has 1 saturated carbocycles. The second-order valence-electron chi connectivity index (χ2n) is 8.01. The summed E-state index contributed by atoms with van der Waals surface area (Å²) in [6.07, 6.45) is 7.14. The van der Waals surface area contributed by atoms with Gasteiger partial charge < -0.3 is 20.4 Å². The molecule has 7 nitrogen and oxygen atoms in total. The van der Waals surface area contributed by atoms with Crippen molar-refractivity contribution in [2.45, 2.75) is 58.0 Å². The van der Waals surface area contributed by atoms with Gasteiger partial charge in [-0.15, -0.1) is 0 Å². The number of hydrogen-bond acceptors (Lipinski definition) is 4. The van der Waals surface area contributed by atoms with Gasteiger partial charge in [-0.3, -0.25) is 9.78 Å². The molecule has 1 aromatic carbocycles. The van der Waals surface area contributed by atoms with Gasteiger partial charge in [-0.25, -0.2) is 9.18 Å². The van der Waals surface area contributed by atoms with Crippen molar-refractivity contribution in [1.82, 2.24) is 15.6 Å². The molecule has 0 atom stereocenters. The molecule has 0 bridgehead atoms. The fourth-order valence-electron chi connectivity index (χ4n) is 4.60. The Morgan fingerprint density at radius 3 is 2.76 bits per heavy atom. The third kappa shape index (κ3) is 4.27. The van der Waals surface area contributed by atoms with Gasteiger partial charge in [0.2, 0.25) is 0 Å². The van der Waals surface area contributed by atoms with Crippen LogP contribution in [0.5, 0.6) is 0 Å². The Hall–Kier alpha value is -3.13. The second kappa shape index (κ2) is 9.39. The van der Waals surface area contributed by atoms with E-state index in [2.05, 4.69) is 20.9 Å². The second-order valence-corrected chi connectivity index (χ2v) is 8.42. The topological polar surface area (TPSA) is 96.3 Å². The molecular weight excluding hydrogens is 447 g/mol. The van der Waals surface area contributed by atoms with Gasteiger partial charge in [0.15, 0.2) is 5.76 Å². The third-order valence-electron chi connectivity index (χ3n) is 6.06. The largest absolute Gasteiger partial charge is 0.450 e. The molecule has 1 spiro atoms. The summed E-state index contributed by atoms with van der Waals surface area (Å²) in [5.74, 6) is -0.867. The van der Waals surface area contributed by atoms with Crippen LogP contribution in [0.3, 0.4) is 0 Å². The quantitative estimate of drug-likeness (QED) is 0.444. The summed E-state index contributed by atoms with van der Waals surface area (Å²) < 4.78 is 19.8. The number of pyridine rings is 1. The van der Waals surface area contributed by atoms with Crippen molar-refractivity contribution in [2.75, 3.05) is 5.32 Å². The normalized spacial score (nSPS) is 16.3. The van der Waals surface area contributed by atoms with Gasteiger partial charge >= 0.3 is 6.03 Å². The van der Waals surface area contributed by atoms with E-state index in [4.69, 9.17) is 16.0 Å². The fourth-order valence-corrected chi connectivity index (χ4v) is 4.86. The fraction of sp³-hybridized carbons (Fsp3) is 0.375. The smallest absolute Gasteiger partial charge is 0.319 e. The summed E-state index contributed by atoms with van der Waals surface area (Å²) in [7, 11) is 0. The molecule has 0 unspecified atom stereocenters. The van der Waals surface area contributed by atoms with Crippen LogP contribution in [0.4, 0.5) is 14.9 Å². The summed E-state index contributed by atoms with van der Waals surface area (Å²) in [5.41, 5.74) is 1.58. The van der Waals surface area contributed by atoms with E-state index in [1.807, 2.05) is 13.8 Å². The van der Waals surface area contributed by atoms with Crippen LogP contribution in [0.25, 0.3) is 11.0 Å². The lowest BCUT2D eigenvalue weighted by Crippen LogP contribution is -2.52. The van der Waals surface area contributed by atoms with Crippen LogP contribution in [0.2, 0.25) is 5.02 Å². The van der Waals surface area contributed by atoms with E-state index < -0.39 is 17.3 Å². The first-order valence-electron chi connectivity index (χ1n) is 11.2. The number of nitrogens with one attached hydrogen (secondary N) is 3. The Balaban J connectivity index is 0.00000126. The Morgan fingerprint density at radius 1 is 1.27 bits per heavy atom. The Morgan fingerprint density at radius 2 is 2.03 bits per heavy atom. The van der Waals surface area contributed by atoms with Crippen molar-refractivity contribution in [3.05, 3.63) is 58.3 Å². The van der Waals surface area contributed by atoms with E-state index in [0.717, 1.165) is 43.9 Å². The molecule has 2 aliphatic rings. The highest BCUT2D eigenvalue weighted by atomic mass is 35.5. The van der Waals surface area contributed by atoms with Crippen molar-refractivity contribution in [1.29, 1.82) is 0 Å². The number of anilines is 1. The first-order chi connectivity index (χ1) is 16.0. The first-order valence-corrected chi connectivity index (χ1v) is 11.6. The van der Waals surface area contributed by atoms with Gasteiger partial charge in [0, 0.05) is 29.3 Å². The predicted octanol–water partition coefficient (Wildman–Crippen LogP) is 5.87. The number of carbonyl (C=O) groups excluding carboxylic acids is 2. The molecule has 1 fully saturated rings. The molecule has 174 valence electrons. The molecule has 3 aromatic rings. The van der Waals surface area contributed by atoms with Crippen LogP contribution in [-0.4, -0.2) is 16.9 Å². The van der Waals surface area contributed by atoms with E-state index in [1.54, 1.807) is 12.1 Å². The number of carbonyl (C=O) groups is 2. The molecule has 2 aromatic heterocycles. The standard InChI is InChI=1S/C22H20ClFN4O3.C2H6/c23-14-8-13-9-16(20(29)26-10-12-4-7-25-11-15(12)24)31-19(13)17-18(14)27-21(30)28-22(17)5-2-1-3-6-22;1-2/h4,7-9,11H,1-3,5-6,10H2,(H,26,29)(H2,27,28,30);1-2H3. The highest BCUT2D eigenvalue weighted by Crippen LogP contribution is 2.48. The maximum absolute atomic E-state index is 13.8. The molecule has 3 amide bonds. The minimum absolute atomic E-state index is 0.00461. The molecule has 0 saturated heterocycles. The van der Waals surface area contributed by atoms with E-state index in [1.165, 1.54) is 12.3 Å². The number of furan rings is 1. The molecule has 9 heteroatoms. The van der Waals surface area contributed by atoms with Gasteiger partial charge in [-0.2, -0.15) is 0 Å². The zero-order chi connectivity index (χ0) is 23.6. The van der Waals surface area contributed by atoms with Gasteiger partial charge in [-0.05, 0) is 31.0 Å². The molecule has 33 heavy (non-hydrogen) atoms. The lowest BCUT2D eigenvalue weighted by Gasteiger charge is -2.42. The van der Waals surface area contributed by atoms with Gasteiger partial charge in [0.1, 0.15) is 11.4 Å². The van der Waals surface area contributed by atoms with Crippen LogP contribution in [-0.2, 0) is 12.1 Å². The number of urea groups is 1. The minimum atomic E-state index is -0.579. The molecule has 3 N–H and O–H groups in total. The van der Waals surface area contributed by atoms with E-state index >= 15 is 0 Å². The van der Waals surface area contributed by atoms with E-state index in [9.17, 15) is 14.0 Å². The molecule has 1 aliphatic carbocycles. The minimum Gasteiger partial charge on any atom is -0.450 e. The maximum atomic E-state index is 13.8. The molecule has 0 radical (unpaired) electrons. The number of nitrogens with zero attached hydrogens (tertiary/aromatic N) is 1. The SMILES string of the molecule is CC.O=C1Nc2c(Cl)cc3cc(C(=O)NCc4ccncc4F)oc3c2C2(CCCCC2)N1. The van der Waals surface area contributed by atoms with Crippen LogP contribution in [0.1, 0.15) is 67.6 Å². The molecule has 3 heterocycles. The van der Waals surface area contributed by atoms with Crippen LogP contribution >= 0.6 is 11.6 Å². The van der Waals surface area contributed by atoms with Crippen molar-refractivity contribution in [3.8, 4) is 0 Å². The highest BCUT2D eigenvalue weighted by Gasteiger charge is 2.43. The van der Waals surface area contributed by atoms with Gasteiger partial charge in [0.25, 0.3) is 5.91 Å². The number of aromatic nitrogens is 1. The maximum Gasteiger partial charge on any atom is 0.319 e. The number of hydrogen-bond donors (Lipinski definition) is 3. The third-order valence-corrected chi connectivity index (χ3v) is 6.35. The predicted molar refractivity (Wildman–Crippen MR) is 125 cm³/mol. The average molecular weight is 473 g/mol. The van der Waals surface area contributed by atoms with Gasteiger partial charge in [0.05, 0.1) is 22.4 Å². The first kappa shape index (κ1) is 23.0. The van der Waals surface area contributed by atoms with Crippen LogP contribution in [0.15, 0.2) is 35.0 Å². The lowest BCUT2D eigenvalue weighted by atomic mass is 9.74. The Kier molecular flexibility index (Phi) is 6.56. The summed E-state index contributed by atoms with van der Waals surface area (Å²) in [5, 5.41) is 9.62. The number of fused-ring (bicyclic) bond motifs is 4. The van der Waals surface area contributed by atoms with E-state index in [-0.39, 0.29) is 18.3 Å². The average Bonchev–Trinajstić information content (AvgIpc) is 3.24. The van der Waals surface area contributed by atoms with Crippen molar-refractivity contribution >= 4 is 40.2 Å². The number of amides is 3. The van der Waals surface area contributed by atoms with Crippen molar-refractivity contribution in [3.63, 3.8) is 0 Å². The molecule has 1 aliphatic heterocycles. The number of benzene rings is 1. The Labute approximate surface area is 196 Å². The number of halogens is 2. The summed E-state index contributed by atoms with van der Waals surface area (Å²) >= 11 is 6.50. The summed E-state index contributed by atoms with van der Waals surface area (Å²) in [4.78, 5) is 28.7. The highest BCUT2D eigenvalue weighted by molar-refractivity contribution is 6.35. The van der Waals surface area contributed by atoms with Crippen molar-refractivity contribution in [2.24, 2.45) is 0 Å². The zero-order valence-corrected chi connectivity index (χ0v) is 19.3. The Bertz CT molecular complexity index is 1200. The molecule has 5 rings (SSSR count). The van der Waals surface area contributed by atoms with Crippen molar-refractivity contribution < 1.29 is 18.4 Å². The monoisotopic (exact) mass is 472 g/mol. The lowest BCUT2D eigenvalue weighted by molar-refractivity contribution is 0.0924. The summed E-state index contributed by atoms with van der Waals surface area (Å²) in [6, 6.07) is 4.51. The zero-order valence-electron chi connectivity index (χ0n) is 18.6. The van der Waals surface area contributed by atoms with E-state index in [0.29, 0.717) is 27.2 Å². The summed E-state index contributed by atoms with van der Waals surface area (Å²) in [6.45, 7) is 4.00. The van der Waals surface area contributed by atoms with Gasteiger partial charge in [-0.1, -0.05) is 44.7 Å². The van der Waals surface area contributed by atoms with Crippen LogP contribution in [0, 0.1) is 5.82 Å².